The average Bonchev–Trinajstić information content (AvgIpc) is 2.46. The molecule has 1 atom stereocenters. The fourth-order valence-electron chi connectivity index (χ4n) is 2.42. The van der Waals surface area contributed by atoms with Crippen molar-refractivity contribution in [1.82, 2.24) is 4.90 Å². The van der Waals surface area contributed by atoms with Crippen molar-refractivity contribution >= 4 is 5.69 Å². The van der Waals surface area contributed by atoms with Gasteiger partial charge in [0, 0.05) is 31.9 Å². The second-order valence-corrected chi connectivity index (χ2v) is 4.94. The largest absolute Gasteiger partial charge is 0.369 e. The van der Waals surface area contributed by atoms with Gasteiger partial charge in [0.15, 0.2) is 0 Å². The van der Waals surface area contributed by atoms with Crippen LogP contribution in [0.4, 0.5) is 5.69 Å². The Morgan fingerprint density at radius 3 is 2.37 bits per heavy atom. The monoisotopic (exact) mass is 254 g/mol. The zero-order chi connectivity index (χ0) is 13.8. The first-order valence-electron chi connectivity index (χ1n) is 6.55. The molecule has 4 nitrogen and oxygen atoms in total. The van der Waals surface area contributed by atoms with Gasteiger partial charge < -0.3 is 4.90 Å². The summed E-state index contributed by atoms with van der Waals surface area (Å²) in [6.07, 6.45) is 0. The predicted octanol–water partition coefficient (Wildman–Crippen LogP) is 1.90. The molecular weight excluding hydrogens is 236 g/mol. The van der Waals surface area contributed by atoms with Crippen LogP contribution in [0.1, 0.15) is 18.1 Å². The number of benzene rings is 1. The van der Waals surface area contributed by atoms with Gasteiger partial charge in [-0.15, -0.1) is 0 Å². The quantitative estimate of drug-likeness (QED) is 0.809. The lowest BCUT2D eigenvalue weighted by molar-refractivity contribution is 0.231. The molecule has 0 N–H and O–H groups in total. The maximum Gasteiger partial charge on any atom is 0.0994 e. The molecule has 98 valence electrons. The molecule has 1 fully saturated rings. The van der Waals surface area contributed by atoms with Gasteiger partial charge in [0.25, 0.3) is 0 Å². The van der Waals surface area contributed by atoms with Gasteiger partial charge >= 0.3 is 0 Å². The van der Waals surface area contributed by atoms with Gasteiger partial charge in [0.2, 0.25) is 0 Å². The summed E-state index contributed by atoms with van der Waals surface area (Å²) in [5, 5.41) is 17.9. The van der Waals surface area contributed by atoms with Crippen LogP contribution in [-0.2, 0) is 0 Å². The van der Waals surface area contributed by atoms with Crippen LogP contribution in [0, 0.1) is 29.6 Å². The summed E-state index contributed by atoms with van der Waals surface area (Å²) in [6.45, 7) is 7.59. The molecule has 1 aromatic carbocycles. The van der Waals surface area contributed by atoms with E-state index in [1.807, 2.05) is 26.0 Å². The van der Waals surface area contributed by atoms with Gasteiger partial charge in [-0.3, -0.25) is 4.90 Å². The van der Waals surface area contributed by atoms with Crippen LogP contribution < -0.4 is 4.90 Å². The van der Waals surface area contributed by atoms with E-state index >= 15 is 0 Å². The summed E-state index contributed by atoms with van der Waals surface area (Å²) < 4.78 is 0. The SMILES string of the molecule is Cc1cc(N2CCN(C(C)C#N)CC2)ccc1C#N. The van der Waals surface area contributed by atoms with E-state index in [0.717, 1.165) is 37.3 Å². The van der Waals surface area contributed by atoms with Gasteiger partial charge in [-0.1, -0.05) is 0 Å². The Morgan fingerprint density at radius 2 is 1.84 bits per heavy atom. The second kappa shape index (κ2) is 5.73. The number of piperazine rings is 1. The van der Waals surface area contributed by atoms with E-state index < -0.39 is 0 Å². The molecule has 0 spiro atoms. The molecule has 0 radical (unpaired) electrons. The van der Waals surface area contributed by atoms with Crippen LogP contribution in [0.2, 0.25) is 0 Å². The van der Waals surface area contributed by atoms with Crippen LogP contribution in [-0.4, -0.2) is 37.1 Å². The highest BCUT2D eigenvalue weighted by Crippen LogP contribution is 2.20. The summed E-state index contributed by atoms with van der Waals surface area (Å²) in [4.78, 5) is 4.52. The fourth-order valence-corrected chi connectivity index (χ4v) is 2.42. The highest BCUT2D eigenvalue weighted by molar-refractivity contribution is 5.53. The average molecular weight is 254 g/mol. The van der Waals surface area contributed by atoms with E-state index in [1.165, 1.54) is 5.69 Å². The molecule has 2 rings (SSSR count). The lowest BCUT2D eigenvalue weighted by atomic mass is 10.1. The lowest BCUT2D eigenvalue weighted by Crippen LogP contribution is -2.49. The Kier molecular flexibility index (Phi) is 4.04. The van der Waals surface area contributed by atoms with E-state index in [1.54, 1.807) is 0 Å². The number of aryl methyl sites for hydroxylation is 1. The highest BCUT2D eigenvalue weighted by Gasteiger charge is 2.21. The van der Waals surface area contributed by atoms with Crippen LogP contribution in [0.5, 0.6) is 0 Å². The molecule has 0 saturated carbocycles. The van der Waals surface area contributed by atoms with E-state index in [4.69, 9.17) is 10.5 Å². The minimum atomic E-state index is -0.00940. The maximum atomic E-state index is 8.94. The summed E-state index contributed by atoms with van der Waals surface area (Å²) >= 11 is 0. The smallest absolute Gasteiger partial charge is 0.0994 e. The Bertz CT molecular complexity index is 530. The minimum absolute atomic E-state index is 0.00940. The molecule has 4 heteroatoms. The van der Waals surface area contributed by atoms with Gasteiger partial charge in [0.05, 0.1) is 23.7 Å². The van der Waals surface area contributed by atoms with E-state index in [-0.39, 0.29) is 6.04 Å². The van der Waals surface area contributed by atoms with Crippen molar-refractivity contribution in [3.05, 3.63) is 29.3 Å². The van der Waals surface area contributed by atoms with Crippen molar-refractivity contribution in [1.29, 1.82) is 10.5 Å². The predicted molar refractivity (Wildman–Crippen MR) is 74.8 cm³/mol. The van der Waals surface area contributed by atoms with E-state index in [9.17, 15) is 0 Å². The van der Waals surface area contributed by atoms with Crippen molar-refractivity contribution in [2.24, 2.45) is 0 Å². The first kappa shape index (κ1) is 13.4. The molecule has 0 aliphatic carbocycles. The van der Waals surface area contributed by atoms with Crippen LogP contribution in [0.15, 0.2) is 18.2 Å². The number of hydrogen-bond acceptors (Lipinski definition) is 4. The summed E-state index contributed by atoms with van der Waals surface area (Å²) in [7, 11) is 0. The fraction of sp³-hybridized carbons (Fsp3) is 0.467. The maximum absolute atomic E-state index is 8.94. The zero-order valence-corrected chi connectivity index (χ0v) is 11.4. The van der Waals surface area contributed by atoms with E-state index in [0.29, 0.717) is 0 Å². The van der Waals surface area contributed by atoms with Gasteiger partial charge in [-0.05, 0) is 37.6 Å². The molecule has 0 amide bonds. The summed E-state index contributed by atoms with van der Waals surface area (Å²) in [6, 6.07) is 10.4. The first-order valence-corrected chi connectivity index (χ1v) is 6.55. The van der Waals surface area contributed by atoms with Gasteiger partial charge in [0.1, 0.15) is 0 Å². The molecule has 0 bridgehead atoms. The Morgan fingerprint density at radius 1 is 1.16 bits per heavy atom. The Balaban J connectivity index is 2.04. The van der Waals surface area contributed by atoms with Crippen LogP contribution >= 0.6 is 0 Å². The van der Waals surface area contributed by atoms with Crippen molar-refractivity contribution in [2.45, 2.75) is 19.9 Å². The van der Waals surface area contributed by atoms with Crippen molar-refractivity contribution in [2.75, 3.05) is 31.1 Å². The number of anilines is 1. The van der Waals surface area contributed by atoms with Crippen molar-refractivity contribution < 1.29 is 0 Å². The second-order valence-electron chi connectivity index (χ2n) is 4.94. The number of hydrogen-bond donors (Lipinski definition) is 0. The third kappa shape index (κ3) is 2.86. The van der Waals surface area contributed by atoms with Crippen molar-refractivity contribution in [3.8, 4) is 12.1 Å². The lowest BCUT2D eigenvalue weighted by Gasteiger charge is -2.37. The molecule has 1 heterocycles. The minimum Gasteiger partial charge on any atom is -0.369 e. The number of nitrogens with zero attached hydrogens (tertiary/aromatic N) is 4. The molecule has 0 aromatic heterocycles. The zero-order valence-electron chi connectivity index (χ0n) is 11.4. The molecule has 1 unspecified atom stereocenters. The third-order valence-electron chi connectivity index (χ3n) is 3.74. The summed E-state index contributed by atoms with van der Waals surface area (Å²) in [5.74, 6) is 0. The molecule has 1 aliphatic heterocycles. The molecular formula is C15H18N4. The van der Waals surface area contributed by atoms with Crippen LogP contribution in [0.25, 0.3) is 0 Å². The van der Waals surface area contributed by atoms with Gasteiger partial charge in [-0.25, -0.2) is 0 Å². The first-order chi connectivity index (χ1) is 9.15. The Hall–Kier alpha value is -2.04. The van der Waals surface area contributed by atoms with Crippen LogP contribution in [0.3, 0.4) is 0 Å². The topological polar surface area (TPSA) is 54.1 Å². The standard InChI is InChI=1S/C15H18N4/c1-12-9-15(4-3-14(12)11-17)19-7-5-18(6-8-19)13(2)10-16/h3-4,9,13H,5-8H2,1-2H3. The normalized spacial score (nSPS) is 17.6. The number of nitriles is 2. The van der Waals surface area contributed by atoms with E-state index in [2.05, 4.69) is 28.0 Å². The Labute approximate surface area is 114 Å². The third-order valence-corrected chi connectivity index (χ3v) is 3.74. The molecule has 1 aliphatic rings. The molecule has 19 heavy (non-hydrogen) atoms. The number of rotatable bonds is 2. The molecule has 1 saturated heterocycles. The van der Waals surface area contributed by atoms with Crippen molar-refractivity contribution in [3.63, 3.8) is 0 Å². The van der Waals surface area contributed by atoms with Gasteiger partial charge in [-0.2, -0.15) is 10.5 Å². The highest BCUT2D eigenvalue weighted by atomic mass is 15.3. The summed E-state index contributed by atoms with van der Waals surface area (Å²) in [5.41, 5.74) is 2.93. The molecule has 1 aromatic rings.